The molecule has 1 N–H and O–H groups in total. The fourth-order valence-corrected chi connectivity index (χ4v) is 0.677. The number of hydrogen-bond acceptors (Lipinski definition) is 2. The van der Waals surface area contributed by atoms with E-state index >= 15 is 0 Å². The van der Waals surface area contributed by atoms with Crippen LogP contribution in [0.2, 0.25) is 0 Å². The smallest absolute Gasteiger partial charge is 0.256 e. The van der Waals surface area contributed by atoms with E-state index in [0.29, 0.717) is 13.0 Å². The highest BCUT2D eigenvalue weighted by atomic mass is 32.2. The monoisotopic (exact) mass is 171 g/mol. The van der Waals surface area contributed by atoms with Gasteiger partial charge in [-0.3, -0.25) is 4.72 Å². The molecule has 0 atom stereocenters. The van der Waals surface area contributed by atoms with Crippen LogP contribution < -0.4 is 4.72 Å². The fraction of sp³-hybridized carbons (Fsp3) is 0.600. The Balaban J connectivity index is 3.12. The molecule has 0 aromatic carbocycles. The Bertz CT molecular complexity index is 102. The van der Waals surface area contributed by atoms with Gasteiger partial charge in [0.1, 0.15) is 0 Å². The maximum Gasteiger partial charge on any atom is 0.456 e. The summed E-state index contributed by atoms with van der Waals surface area (Å²) in [5, 5.41) is 0. The van der Waals surface area contributed by atoms with Crippen LogP contribution in [0.5, 0.6) is 0 Å². The Morgan fingerprint density at radius 2 is 2.10 bits per heavy atom. The van der Waals surface area contributed by atoms with Crippen molar-refractivity contribution in [3.63, 3.8) is 0 Å². The lowest BCUT2D eigenvalue weighted by Crippen LogP contribution is -2.13. The number of halogens is 3. The normalized spacial score (nSPS) is 11.5. The first kappa shape index (κ1) is 9.84. The average molecular weight is 171 g/mol. The van der Waals surface area contributed by atoms with Crippen molar-refractivity contribution in [3.05, 3.63) is 12.7 Å². The molecule has 0 heterocycles. The SMILES string of the molecule is C=CCCNSC(F)(F)F. The lowest BCUT2D eigenvalue weighted by Gasteiger charge is -2.04. The molecule has 0 aromatic heterocycles. The zero-order valence-corrected chi connectivity index (χ0v) is 6.06. The molecule has 0 bridgehead atoms. The maximum atomic E-state index is 11.4. The highest BCUT2D eigenvalue weighted by molar-refractivity contribution is 7.98. The molecule has 0 fully saturated rings. The predicted octanol–water partition coefficient (Wildman–Crippen LogP) is 2.32. The van der Waals surface area contributed by atoms with Crippen molar-refractivity contribution in [2.24, 2.45) is 0 Å². The van der Waals surface area contributed by atoms with Gasteiger partial charge in [-0.2, -0.15) is 13.2 Å². The van der Waals surface area contributed by atoms with Crippen LogP contribution in [0.15, 0.2) is 12.7 Å². The van der Waals surface area contributed by atoms with Gasteiger partial charge in [0.05, 0.1) is 0 Å². The molecule has 0 rings (SSSR count). The minimum absolute atomic E-state index is 0.224. The first-order valence-corrected chi connectivity index (χ1v) is 3.46. The number of alkyl halides is 3. The van der Waals surface area contributed by atoms with E-state index in [4.69, 9.17) is 0 Å². The summed E-state index contributed by atoms with van der Waals surface area (Å²) < 4.78 is 36.2. The largest absolute Gasteiger partial charge is 0.456 e. The summed E-state index contributed by atoms with van der Waals surface area (Å²) in [7, 11) is 0. The first-order chi connectivity index (χ1) is 4.56. The Hall–Kier alpha value is -0.160. The quantitative estimate of drug-likeness (QED) is 0.396. The Labute approximate surface area is 61.8 Å². The first-order valence-electron chi connectivity index (χ1n) is 2.65. The van der Waals surface area contributed by atoms with Crippen molar-refractivity contribution < 1.29 is 13.2 Å². The second kappa shape index (κ2) is 4.62. The van der Waals surface area contributed by atoms with Gasteiger partial charge in [0, 0.05) is 18.5 Å². The van der Waals surface area contributed by atoms with Gasteiger partial charge >= 0.3 is 5.51 Å². The van der Waals surface area contributed by atoms with E-state index in [9.17, 15) is 13.2 Å². The van der Waals surface area contributed by atoms with Gasteiger partial charge in [-0.1, -0.05) is 6.08 Å². The summed E-state index contributed by atoms with van der Waals surface area (Å²) in [6.45, 7) is 3.66. The number of rotatable bonds is 4. The molecule has 0 amide bonds. The molecule has 0 aliphatic heterocycles. The highest BCUT2D eigenvalue weighted by Gasteiger charge is 2.27. The summed E-state index contributed by atoms with van der Waals surface area (Å²) in [5.74, 6) is 0. The van der Waals surface area contributed by atoms with Crippen molar-refractivity contribution in [2.75, 3.05) is 6.54 Å². The summed E-state index contributed by atoms with van der Waals surface area (Å²) in [6, 6.07) is 0. The van der Waals surface area contributed by atoms with Crippen LogP contribution in [0, 0.1) is 0 Å². The summed E-state index contributed by atoms with van der Waals surface area (Å²) in [6.07, 6.45) is 2.10. The van der Waals surface area contributed by atoms with Crippen molar-refractivity contribution in [2.45, 2.75) is 11.9 Å². The molecule has 0 aliphatic rings. The van der Waals surface area contributed by atoms with E-state index in [0.717, 1.165) is 0 Å². The van der Waals surface area contributed by atoms with Gasteiger partial charge in [0.25, 0.3) is 0 Å². The molecular formula is C5H8F3NS. The Kier molecular flexibility index (Phi) is 4.55. The van der Waals surface area contributed by atoms with Gasteiger partial charge in [0.15, 0.2) is 0 Å². The third kappa shape index (κ3) is 7.84. The minimum atomic E-state index is -4.18. The van der Waals surface area contributed by atoms with Crippen molar-refractivity contribution in [3.8, 4) is 0 Å². The van der Waals surface area contributed by atoms with E-state index < -0.39 is 5.51 Å². The standard InChI is InChI=1S/C5H8F3NS/c1-2-3-4-9-10-5(6,7)8/h2,9H,1,3-4H2. The van der Waals surface area contributed by atoms with Crippen LogP contribution in [0.3, 0.4) is 0 Å². The Morgan fingerprint density at radius 3 is 2.50 bits per heavy atom. The molecule has 0 unspecified atom stereocenters. The van der Waals surface area contributed by atoms with E-state index in [2.05, 4.69) is 11.3 Å². The van der Waals surface area contributed by atoms with Gasteiger partial charge < -0.3 is 0 Å². The molecule has 0 saturated carbocycles. The Morgan fingerprint density at radius 1 is 1.50 bits per heavy atom. The second-order valence-electron chi connectivity index (χ2n) is 1.52. The molecule has 0 saturated heterocycles. The highest BCUT2D eigenvalue weighted by Crippen LogP contribution is 2.26. The molecule has 1 nitrogen and oxygen atoms in total. The van der Waals surface area contributed by atoms with Crippen molar-refractivity contribution in [1.29, 1.82) is 0 Å². The molecule has 0 radical (unpaired) electrons. The molecular weight excluding hydrogens is 163 g/mol. The van der Waals surface area contributed by atoms with Crippen LogP contribution in [0.1, 0.15) is 6.42 Å². The molecule has 0 aliphatic carbocycles. The van der Waals surface area contributed by atoms with Gasteiger partial charge in [-0.25, -0.2) is 0 Å². The third-order valence-electron chi connectivity index (χ3n) is 0.638. The topological polar surface area (TPSA) is 12.0 Å². The zero-order valence-electron chi connectivity index (χ0n) is 5.24. The van der Waals surface area contributed by atoms with Crippen molar-refractivity contribution in [1.82, 2.24) is 4.72 Å². The average Bonchev–Trinajstić information content (AvgIpc) is 1.78. The van der Waals surface area contributed by atoms with Crippen LogP contribution in [-0.2, 0) is 0 Å². The lowest BCUT2D eigenvalue weighted by molar-refractivity contribution is -0.0335. The van der Waals surface area contributed by atoms with E-state index in [1.165, 1.54) is 0 Å². The lowest BCUT2D eigenvalue weighted by atomic mass is 10.4. The van der Waals surface area contributed by atoms with Gasteiger partial charge in [-0.05, 0) is 6.42 Å². The fourth-order valence-electron chi connectivity index (χ4n) is 0.294. The van der Waals surface area contributed by atoms with E-state index in [1.807, 2.05) is 0 Å². The second-order valence-corrected chi connectivity index (χ2v) is 2.48. The minimum Gasteiger partial charge on any atom is -0.256 e. The molecule has 5 heteroatoms. The number of hydrogen-bond donors (Lipinski definition) is 1. The van der Waals surface area contributed by atoms with Gasteiger partial charge in [0.2, 0.25) is 0 Å². The predicted molar refractivity (Wildman–Crippen MR) is 36.5 cm³/mol. The number of nitrogens with one attached hydrogen (secondary N) is 1. The molecule has 0 aromatic rings. The van der Waals surface area contributed by atoms with Crippen LogP contribution >= 0.6 is 11.9 Å². The van der Waals surface area contributed by atoms with E-state index in [-0.39, 0.29) is 11.9 Å². The van der Waals surface area contributed by atoms with Crippen molar-refractivity contribution >= 4 is 11.9 Å². The van der Waals surface area contributed by atoms with E-state index in [1.54, 1.807) is 6.08 Å². The van der Waals surface area contributed by atoms with Crippen LogP contribution in [0.4, 0.5) is 13.2 Å². The molecule has 60 valence electrons. The summed E-state index contributed by atoms with van der Waals surface area (Å²) in [5.41, 5.74) is -4.18. The summed E-state index contributed by atoms with van der Waals surface area (Å²) in [4.78, 5) is 0. The third-order valence-corrected chi connectivity index (χ3v) is 1.22. The van der Waals surface area contributed by atoms with Crippen LogP contribution in [0.25, 0.3) is 0 Å². The van der Waals surface area contributed by atoms with Crippen LogP contribution in [-0.4, -0.2) is 12.1 Å². The van der Waals surface area contributed by atoms with Gasteiger partial charge in [-0.15, -0.1) is 6.58 Å². The molecule has 10 heavy (non-hydrogen) atoms. The molecule has 0 spiro atoms. The zero-order chi connectivity index (χ0) is 8.04. The maximum absolute atomic E-state index is 11.4. The summed E-state index contributed by atoms with van der Waals surface area (Å²) >= 11 is -0.224.